The van der Waals surface area contributed by atoms with Crippen LogP contribution in [0.5, 0.6) is 0 Å². The minimum atomic E-state index is 0.550. The molecule has 1 aromatic carbocycles. The molecule has 2 rings (SSSR count). The van der Waals surface area contributed by atoms with Gasteiger partial charge in [-0.05, 0) is 30.9 Å². The smallest absolute Gasteiger partial charge is 0.0734 e. The molecule has 0 saturated heterocycles. The van der Waals surface area contributed by atoms with Crippen molar-refractivity contribution in [1.82, 2.24) is 4.98 Å². The van der Waals surface area contributed by atoms with Gasteiger partial charge in [-0.15, -0.1) is 0 Å². The van der Waals surface area contributed by atoms with E-state index in [4.69, 9.17) is 4.98 Å². The molecule has 0 amide bonds. The molecular formula is C16H23N. The molecule has 0 saturated carbocycles. The van der Waals surface area contributed by atoms with Gasteiger partial charge in [0, 0.05) is 11.1 Å². The van der Waals surface area contributed by atoms with E-state index in [2.05, 4.69) is 51.1 Å². The molecule has 92 valence electrons. The van der Waals surface area contributed by atoms with Crippen molar-refractivity contribution in [3.8, 4) is 0 Å². The Kier molecular flexibility index (Phi) is 5.14. The van der Waals surface area contributed by atoms with Crippen molar-refractivity contribution in [1.29, 1.82) is 0 Å². The molecule has 1 aromatic heterocycles. The fourth-order valence-corrected chi connectivity index (χ4v) is 1.79. The summed E-state index contributed by atoms with van der Waals surface area (Å²) >= 11 is 0. The molecule has 17 heavy (non-hydrogen) atoms. The molecule has 1 heteroatoms. The normalized spacial score (nSPS) is 11.8. The molecule has 0 aliphatic carbocycles. The van der Waals surface area contributed by atoms with Gasteiger partial charge in [0.05, 0.1) is 5.52 Å². The number of nitrogens with zero attached hydrogens (tertiary/aromatic N) is 1. The Hall–Kier alpha value is -1.37. The summed E-state index contributed by atoms with van der Waals surface area (Å²) in [7, 11) is 0. The van der Waals surface area contributed by atoms with Crippen molar-refractivity contribution in [2.75, 3.05) is 0 Å². The molecule has 0 aliphatic rings. The topological polar surface area (TPSA) is 12.9 Å². The number of fused-ring (bicyclic) bond motifs is 1. The summed E-state index contributed by atoms with van der Waals surface area (Å²) in [5, 5.41) is 1.24. The molecule has 0 N–H and O–H groups in total. The number of hydrogen-bond donors (Lipinski definition) is 0. The van der Waals surface area contributed by atoms with E-state index in [0.29, 0.717) is 5.92 Å². The molecule has 0 radical (unpaired) electrons. The third kappa shape index (κ3) is 3.06. The highest BCUT2D eigenvalue weighted by molar-refractivity contribution is 5.81. The van der Waals surface area contributed by atoms with Crippen LogP contribution in [0.25, 0.3) is 10.9 Å². The first-order valence-electron chi connectivity index (χ1n) is 6.58. The van der Waals surface area contributed by atoms with Crippen LogP contribution in [-0.4, -0.2) is 4.98 Å². The first kappa shape index (κ1) is 13.7. The van der Waals surface area contributed by atoms with Gasteiger partial charge in [-0.1, -0.05) is 52.0 Å². The average Bonchev–Trinajstić information content (AvgIpc) is 2.40. The quantitative estimate of drug-likeness (QED) is 0.699. The highest BCUT2D eigenvalue weighted by Gasteiger charge is 2.06. The van der Waals surface area contributed by atoms with Gasteiger partial charge in [0.2, 0.25) is 0 Å². The number of benzene rings is 1. The Morgan fingerprint density at radius 1 is 1.12 bits per heavy atom. The SMILES string of the molecule is CC.CCC(C)c1ccc2cccc(C)c2n1. The second-order valence-corrected chi connectivity index (χ2v) is 4.19. The van der Waals surface area contributed by atoms with Crippen LogP contribution in [0.15, 0.2) is 30.3 Å². The minimum absolute atomic E-state index is 0.550. The van der Waals surface area contributed by atoms with E-state index in [1.165, 1.54) is 16.6 Å². The van der Waals surface area contributed by atoms with Gasteiger partial charge in [0.25, 0.3) is 0 Å². The number of hydrogen-bond acceptors (Lipinski definition) is 1. The third-order valence-electron chi connectivity index (χ3n) is 3.06. The lowest BCUT2D eigenvalue weighted by atomic mass is 10.0. The summed E-state index contributed by atoms with van der Waals surface area (Å²) in [4.78, 5) is 4.75. The van der Waals surface area contributed by atoms with E-state index in [-0.39, 0.29) is 0 Å². The maximum Gasteiger partial charge on any atom is 0.0734 e. The van der Waals surface area contributed by atoms with Gasteiger partial charge in [-0.3, -0.25) is 4.98 Å². The van der Waals surface area contributed by atoms with Crippen LogP contribution in [0.2, 0.25) is 0 Å². The average molecular weight is 229 g/mol. The van der Waals surface area contributed by atoms with Crippen LogP contribution in [-0.2, 0) is 0 Å². The zero-order valence-corrected chi connectivity index (χ0v) is 11.6. The van der Waals surface area contributed by atoms with Gasteiger partial charge in [0.15, 0.2) is 0 Å². The lowest BCUT2D eigenvalue weighted by molar-refractivity contribution is 0.711. The number of rotatable bonds is 2. The van der Waals surface area contributed by atoms with Crippen molar-refractivity contribution >= 4 is 10.9 Å². The van der Waals surface area contributed by atoms with Crippen molar-refractivity contribution in [3.05, 3.63) is 41.6 Å². The second kappa shape index (κ2) is 6.39. The van der Waals surface area contributed by atoms with Crippen molar-refractivity contribution in [2.45, 2.75) is 47.0 Å². The molecule has 1 unspecified atom stereocenters. The minimum Gasteiger partial charge on any atom is -0.252 e. The summed E-state index contributed by atoms with van der Waals surface area (Å²) < 4.78 is 0. The zero-order chi connectivity index (χ0) is 12.8. The lowest BCUT2D eigenvalue weighted by Crippen LogP contribution is -1.96. The predicted octanol–water partition coefficient (Wildman–Crippen LogP) is 5.08. The molecule has 1 nitrogen and oxygen atoms in total. The predicted molar refractivity (Wildman–Crippen MR) is 76.5 cm³/mol. The first-order valence-corrected chi connectivity index (χ1v) is 6.58. The summed E-state index contributed by atoms with van der Waals surface area (Å²) in [6, 6.07) is 10.7. The van der Waals surface area contributed by atoms with E-state index < -0.39 is 0 Å². The Morgan fingerprint density at radius 2 is 1.82 bits per heavy atom. The number of aryl methyl sites for hydroxylation is 1. The number of pyridine rings is 1. The van der Waals surface area contributed by atoms with E-state index in [9.17, 15) is 0 Å². The third-order valence-corrected chi connectivity index (χ3v) is 3.06. The molecule has 1 heterocycles. The van der Waals surface area contributed by atoms with Crippen LogP contribution >= 0.6 is 0 Å². The summed E-state index contributed by atoms with van der Waals surface area (Å²) in [6.45, 7) is 10.6. The maximum absolute atomic E-state index is 4.75. The highest BCUT2D eigenvalue weighted by Crippen LogP contribution is 2.21. The number of para-hydroxylation sites is 1. The molecule has 0 bridgehead atoms. The molecule has 2 aromatic rings. The Morgan fingerprint density at radius 3 is 2.47 bits per heavy atom. The first-order chi connectivity index (χ1) is 8.22. The lowest BCUT2D eigenvalue weighted by Gasteiger charge is -2.09. The van der Waals surface area contributed by atoms with Gasteiger partial charge < -0.3 is 0 Å². The fourth-order valence-electron chi connectivity index (χ4n) is 1.79. The van der Waals surface area contributed by atoms with Crippen LogP contribution in [0, 0.1) is 6.92 Å². The molecular weight excluding hydrogens is 206 g/mol. The van der Waals surface area contributed by atoms with Gasteiger partial charge in [-0.2, -0.15) is 0 Å². The maximum atomic E-state index is 4.75. The second-order valence-electron chi connectivity index (χ2n) is 4.19. The van der Waals surface area contributed by atoms with Crippen LogP contribution in [0.3, 0.4) is 0 Å². The largest absolute Gasteiger partial charge is 0.252 e. The van der Waals surface area contributed by atoms with Crippen LogP contribution < -0.4 is 0 Å². The van der Waals surface area contributed by atoms with Gasteiger partial charge in [-0.25, -0.2) is 0 Å². The van der Waals surface area contributed by atoms with Crippen LogP contribution in [0.1, 0.15) is 51.3 Å². The summed E-state index contributed by atoms with van der Waals surface area (Å²) in [6.07, 6.45) is 1.14. The molecule has 1 atom stereocenters. The fraction of sp³-hybridized carbons (Fsp3) is 0.438. The molecule has 0 fully saturated rings. The highest BCUT2D eigenvalue weighted by atomic mass is 14.7. The van der Waals surface area contributed by atoms with Crippen molar-refractivity contribution in [2.24, 2.45) is 0 Å². The standard InChI is InChI=1S/C14H17N.C2H6/c1-4-10(2)13-9-8-12-7-5-6-11(3)14(12)15-13;1-2/h5-10H,4H2,1-3H3;1-2H3. The van der Waals surface area contributed by atoms with E-state index in [1.807, 2.05) is 13.8 Å². The van der Waals surface area contributed by atoms with Gasteiger partial charge in [0.1, 0.15) is 0 Å². The summed E-state index contributed by atoms with van der Waals surface area (Å²) in [5.41, 5.74) is 3.62. The summed E-state index contributed by atoms with van der Waals surface area (Å²) in [5.74, 6) is 0.550. The van der Waals surface area contributed by atoms with Crippen LogP contribution in [0.4, 0.5) is 0 Å². The van der Waals surface area contributed by atoms with E-state index in [1.54, 1.807) is 0 Å². The zero-order valence-electron chi connectivity index (χ0n) is 11.6. The van der Waals surface area contributed by atoms with Gasteiger partial charge >= 0.3 is 0 Å². The Balaban J connectivity index is 0.000000686. The Bertz CT molecular complexity index is 474. The van der Waals surface area contributed by atoms with Crippen molar-refractivity contribution in [3.63, 3.8) is 0 Å². The number of aromatic nitrogens is 1. The van der Waals surface area contributed by atoms with E-state index in [0.717, 1.165) is 11.9 Å². The van der Waals surface area contributed by atoms with Crippen molar-refractivity contribution < 1.29 is 0 Å². The monoisotopic (exact) mass is 229 g/mol. The Labute approximate surface area is 105 Å². The molecule has 0 aliphatic heterocycles. The van der Waals surface area contributed by atoms with E-state index >= 15 is 0 Å². The molecule has 0 spiro atoms.